The van der Waals surface area contributed by atoms with Crippen LogP contribution >= 0.6 is 23.1 Å². The Kier molecular flexibility index (Phi) is 6.06. The van der Waals surface area contributed by atoms with Gasteiger partial charge in [0.05, 0.1) is 5.25 Å². The molecule has 1 unspecified atom stereocenters. The van der Waals surface area contributed by atoms with Gasteiger partial charge in [0.1, 0.15) is 5.82 Å². The first-order valence-electron chi connectivity index (χ1n) is 13.0. The third kappa shape index (κ3) is 4.52. The van der Waals surface area contributed by atoms with Gasteiger partial charge < -0.3 is 9.88 Å². The maximum Gasteiger partial charge on any atom is 0.233 e. The number of carbonyl (C=O) groups excluding carboxylic acids is 1. The standard InChI is InChI=1S/C26H36N4OS2/c1-17(24(31)27-26-14-18-10-19(15-26)12-20(11-18)16-26)33-25-29-28-23(13-22-8-5-9-32-22)30(25)21-6-3-2-4-7-21/h5,8-9,17-21H,2-4,6-7,10-16H2,1H3,(H,27,31). The van der Waals surface area contributed by atoms with Crippen molar-refractivity contribution in [1.82, 2.24) is 20.1 Å². The second kappa shape index (κ2) is 9.03. The lowest BCUT2D eigenvalue weighted by Gasteiger charge is -2.57. The van der Waals surface area contributed by atoms with Crippen LogP contribution in [0.5, 0.6) is 0 Å². The molecule has 1 N–H and O–H groups in total. The van der Waals surface area contributed by atoms with E-state index in [0.29, 0.717) is 6.04 Å². The molecule has 7 heteroatoms. The predicted octanol–water partition coefficient (Wildman–Crippen LogP) is 6.00. The summed E-state index contributed by atoms with van der Waals surface area (Å²) in [7, 11) is 0. The van der Waals surface area contributed by atoms with Gasteiger partial charge >= 0.3 is 0 Å². The quantitative estimate of drug-likeness (QED) is 0.490. The van der Waals surface area contributed by atoms with E-state index in [4.69, 9.17) is 0 Å². The summed E-state index contributed by atoms with van der Waals surface area (Å²) in [5, 5.41) is 15.7. The van der Waals surface area contributed by atoms with Gasteiger partial charge in [-0.2, -0.15) is 0 Å². The molecule has 5 aliphatic carbocycles. The Bertz CT molecular complexity index is 943. The van der Waals surface area contributed by atoms with Crippen molar-refractivity contribution in [2.75, 3.05) is 0 Å². The average molecular weight is 485 g/mol. The van der Waals surface area contributed by atoms with E-state index in [0.717, 1.165) is 35.2 Å². The smallest absolute Gasteiger partial charge is 0.233 e. The van der Waals surface area contributed by atoms with Crippen LogP contribution in [0.25, 0.3) is 0 Å². The van der Waals surface area contributed by atoms with E-state index in [1.54, 1.807) is 23.1 Å². The van der Waals surface area contributed by atoms with Crippen LogP contribution in [0.1, 0.15) is 94.3 Å². The number of amides is 1. The number of nitrogens with zero attached hydrogens (tertiary/aromatic N) is 3. The van der Waals surface area contributed by atoms with Gasteiger partial charge in [0.15, 0.2) is 5.16 Å². The van der Waals surface area contributed by atoms with E-state index >= 15 is 0 Å². The minimum Gasteiger partial charge on any atom is -0.350 e. The molecule has 5 aliphatic rings. The summed E-state index contributed by atoms with van der Waals surface area (Å²) in [6.45, 7) is 2.05. The highest BCUT2D eigenvalue weighted by molar-refractivity contribution is 8.00. The summed E-state index contributed by atoms with van der Waals surface area (Å²) in [6.07, 6.45) is 14.9. The van der Waals surface area contributed by atoms with Gasteiger partial charge in [0, 0.05) is 22.9 Å². The van der Waals surface area contributed by atoms with E-state index < -0.39 is 0 Å². The molecule has 0 saturated heterocycles. The van der Waals surface area contributed by atoms with Crippen molar-refractivity contribution in [3.8, 4) is 0 Å². The molecule has 0 aromatic carbocycles. The zero-order valence-corrected chi connectivity index (χ0v) is 21.3. The van der Waals surface area contributed by atoms with Crippen molar-refractivity contribution in [2.24, 2.45) is 17.8 Å². The van der Waals surface area contributed by atoms with Crippen LogP contribution in [-0.4, -0.2) is 31.5 Å². The van der Waals surface area contributed by atoms with Crippen LogP contribution in [-0.2, 0) is 11.2 Å². The molecular weight excluding hydrogens is 448 g/mol. The normalized spacial score (nSPS) is 32.2. The highest BCUT2D eigenvalue weighted by Gasteiger charge is 2.51. The summed E-state index contributed by atoms with van der Waals surface area (Å²) >= 11 is 3.39. The van der Waals surface area contributed by atoms with Gasteiger partial charge in [-0.1, -0.05) is 37.1 Å². The van der Waals surface area contributed by atoms with Gasteiger partial charge in [0.25, 0.3) is 0 Å². The van der Waals surface area contributed by atoms with Crippen LogP contribution in [0.3, 0.4) is 0 Å². The van der Waals surface area contributed by atoms with E-state index in [1.165, 1.54) is 75.5 Å². The molecule has 7 rings (SSSR count). The number of thiophene rings is 1. The number of rotatable bonds is 7. The van der Waals surface area contributed by atoms with Crippen LogP contribution in [0, 0.1) is 17.8 Å². The summed E-state index contributed by atoms with van der Waals surface area (Å²) in [5.74, 6) is 3.77. The minimum atomic E-state index is -0.154. The second-order valence-corrected chi connectivity index (χ2v) is 13.6. The Morgan fingerprint density at radius 3 is 2.48 bits per heavy atom. The molecule has 0 aliphatic heterocycles. The Morgan fingerprint density at radius 1 is 1.15 bits per heavy atom. The van der Waals surface area contributed by atoms with Crippen molar-refractivity contribution in [3.63, 3.8) is 0 Å². The molecule has 5 saturated carbocycles. The Morgan fingerprint density at radius 2 is 1.85 bits per heavy atom. The molecule has 2 heterocycles. The van der Waals surface area contributed by atoms with Crippen molar-refractivity contribution in [3.05, 3.63) is 28.2 Å². The fraction of sp³-hybridized carbons (Fsp3) is 0.731. The fourth-order valence-corrected chi connectivity index (χ4v) is 9.26. The number of thioether (sulfide) groups is 1. The van der Waals surface area contributed by atoms with Crippen molar-refractivity contribution in [1.29, 1.82) is 0 Å². The molecule has 5 nitrogen and oxygen atoms in total. The second-order valence-electron chi connectivity index (χ2n) is 11.3. The predicted molar refractivity (Wildman–Crippen MR) is 134 cm³/mol. The number of carbonyl (C=O) groups is 1. The highest BCUT2D eigenvalue weighted by atomic mass is 32.2. The molecule has 178 valence electrons. The van der Waals surface area contributed by atoms with Crippen LogP contribution < -0.4 is 5.32 Å². The first kappa shape index (κ1) is 22.1. The number of hydrogen-bond donors (Lipinski definition) is 1. The lowest BCUT2D eigenvalue weighted by atomic mass is 9.53. The summed E-state index contributed by atoms with van der Waals surface area (Å²) in [6, 6.07) is 4.75. The Labute approximate surface area is 205 Å². The Hall–Kier alpha value is -1.34. The van der Waals surface area contributed by atoms with Crippen molar-refractivity contribution >= 4 is 29.0 Å². The van der Waals surface area contributed by atoms with Crippen LogP contribution in [0.4, 0.5) is 0 Å². The van der Waals surface area contributed by atoms with E-state index in [1.807, 2.05) is 0 Å². The minimum absolute atomic E-state index is 0.0715. The molecule has 5 fully saturated rings. The largest absolute Gasteiger partial charge is 0.350 e. The van der Waals surface area contributed by atoms with E-state index in [2.05, 4.69) is 44.5 Å². The zero-order chi connectivity index (χ0) is 22.4. The van der Waals surface area contributed by atoms with Crippen LogP contribution in [0.2, 0.25) is 0 Å². The molecule has 33 heavy (non-hydrogen) atoms. The molecule has 2 aromatic rings. The lowest BCUT2D eigenvalue weighted by Crippen LogP contribution is -2.60. The molecule has 2 aromatic heterocycles. The van der Waals surface area contributed by atoms with Gasteiger partial charge in [-0.05, 0) is 87.5 Å². The molecule has 0 radical (unpaired) electrons. The number of nitrogens with one attached hydrogen (secondary N) is 1. The monoisotopic (exact) mass is 484 g/mol. The lowest BCUT2D eigenvalue weighted by molar-refractivity contribution is -0.126. The van der Waals surface area contributed by atoms with E-state index in [9.17, 15) is 4.79 Å². The van der Waals surface area contributed by atoms with Gasteiger partial charge in [0.2, 0.25) is 5.91 Å². The number of aromatic nitrogens is 3. The maximum absolute atomic E-state index is 13.4. The average Bonchev–Trinajstić information content (AvgIpc) is 3.43. The molecule has 1 atom stereocenters. The fourth-order valence-electron chi connectivity index (χ4n) is 7.62. The van der Waals surface area contributed by atoms with Crippen LogP contribution in [0.15, 0.2) is 22.7 Å². The van der Waals surface area contributed by atoms with Gasteiger partial charge in [-0.15, -0.1) is 21.5 Å². The first-order valence-corrected chi connectivity index (χ1v) is 14.8. The van der Waals surface area contributed by atoms with Crippen molar-refractivity contribution in [2.45, 2.75) is 106 Å². The zero-order valence-electron chi connectivity index (χ0n) is 19.7. The topological polar surface area (TPSA) is 59.8 Å². The highest BCUT2D eigenvalue weighted by Crippen LogP contribution is 2.55. The third-order valence-corrected chi connectivity index (χ3v) is 10.6. The number of hydrogen-bond acceptors (Lipinski definition) is 5. The third-order valence-electron chi connectivity index (χ3n) is 8.67. The van der Waals surface area contributed by atoms with Crippen molar-refractivity contribution < 1.29 is 4.79 Å². The SMILES string of the molecule is CC(Sc1nnc(Cc2cccs2)n1C1CCCCC1)C(=O)NC12CC3CC(CC(C3)C1)C2. The first-order chi connectivity index (χ1) is 16.1. The van der Waals surface area contributed by atoms with Gasteiger partial charge in [-0.25, -0.2) is 0 Å². The Balaban J connectivity index is 1.18. The molecule has 1 amide bonds. The van der Waals surface area contributed by atoms with Gasteiger partial charge in [-0.3, -0.25) is 4.79 Å². The van der Waals surface area contributed by atoms with E-state index in [-0.39, 0.29) is 16.7 Å². The summed E-state index contributed by atoms with van der Waals surface area (Å²) in [4.78, 5) is 14.7. The molecule has 4 bridgehead atoms. The molecular formula is C26H36N4OS2. The summed E-state index contributed by atoms with van der Waals surface area (Å²) in [5.41, 5.74) is 0.0715. The maximum atomic E-state index is 13.4. The summed E-state index contributed by atoms with van der Waals surface area (Å²) < 4.78 is 2.39. The molecule has 0 spiro atoms.